The Hall–Kier alpha value is -3.41. The molecule has 1 atom stereocenters. The predicted octanol–water partition coefficient (Wildman–Crippen LogP) is 4.45. The molecule has 0 spiro atoms. The summed E-state index contributed by atoms with van der Waals surface area (Å²) in [7, 11) is -3.89. The van der Waals surface area contributed by atoms with Gasteiger partial charge < -0.3 is 10.1 Å². The Labute approximate surface area is 199 Å². The van der Waals surface area contributed by atoms with Crippen molar-refractivity contribution >= 4 is 26.8 Å². The van der Waals surface area contributed by atoms with Crippen molar-refractivity contribution in [3.8, 4) is 5.69 Å². The summed E-state index contributed by atoms with van der Waals surface area (Å²) >= 11 is 0. The van der Waals surface area contributed by atoms with E-state index in [2.05, 4.69) is 10.3 Å². The van der Waals surface area contributed by atoms with Gasteiger partial charge in [0, 0.05) is 11.8 Å². The number of hydrogen-bond acceptors (Lipinski definition) is 6. The third kappa shape index (κ3) is 5.81. The van der Waals surface area contributed by atoms with Gasteiger partial charge in [-0.15, -0.1) is 0 Å². The van der Waals surface area contributed by atoms with Crippen molar-refractivity contribution < 1.29 is 31.1 Å². The first kappa shape index (κ1) is 26.2. The molecule has 188 valence electrons. The van der Waals surface area contributed by atoms with E-state index in [0.29, 0.717) is 6.07 Å². The lowest BCUT2D eigenvalue weighted by Gasteiger charge is -2.23. The molecule has 0 aliphatic carbocycles. The fourth-order valence-electron chi connectivity index (χ4n) is 3.47. The molecule has 0 aliphatic rings. The lowest BCUT2D eigenvalue weighted by Crippen LogP contribution is -2.37. The SMILES string of the molecule is C[C@H](NC(=O)OC(C)(C)C)c1nc2cccc(S(C)(=O)=O)c2c(=O)n1-c1cc(F)cc(C(F)F)c1. The minimum atomic E-state index is -3.89. The maximum atomic E-state index is 14.3. The van der Waals surface area contributed by atoms with Crippen LogP contribution in [0.25, 0.3) is 16.6 Å². The highest BCUT2D eigenvalue weighted by Crippen LogP contribution is 2.26. The molecule has 0 bridgehead atoms. The standard InChI is InChI=1S/C23H24F3N3O5S/c1-12(27-22(31)34-23(2,3)4)20-28-16-7-6-8-17(35(5,32)33)18(16)21(30)29(20)15-10-13(19(25)26)9-14(24)11-15/h6-12,19H,1-5H3,(H,27,31)/t12-/m0/s1. The van der Waals surface area contributed by atoms with E-state index < -0.39 is 50.9 Å². The second-order valence-corrected chi connectivity index (χ2v) is 10.9. The number of hydrogen-bond donors (Lipinski definition) is 1. The van der Waals surface area contributed by atoms with Crippen molar-refractivity contribution in [1.29, 1.82) is 0 Å². The molecule has 0 fully saturated rings. The fourth-order valence-corrected chi connectivity index (χ4v) is 4.35. The van der Waals surface area contributed by atoms with Crippen molar-refractivity contribution in [2.45, 2.75) is 50.7 Å². The molecule has 35 heavy (non-hydrogen) atoms. The highest BCUT2D eigenvalue weighted by atomic mass is 32.2. The number of carbonyl (C=O) groups is 1. The molecule has 8 nitrogen and oxygen atoms in total. The Morgan fingerprint density at radius 2 is 1.83 bits per heavy atom. The topological polar surface area (TPSA) is 107 Å². The van der Waals surface area contributed by atoms with Crippen molar-refractivity contribution in [1.82, 2.24) is 14.9 Å². The number of fused-ring (bicyclic) bond motifs is 1. The molecule has 3 rings (SSSR count). The molecule has 0 unspecified atom stereocenters. The molecule has 1 N–H and O–H groups in total. The van der Waals surface area contributed by atoms with E-state index in [1.54, 1.807) is 20.8 Å². The number of alkyl carbamates (subject to hydrolysis) is 1. The second kappa shape index (κ2) is 9.33. The van der Waals surface area contributed by atoms with Gasteiger partial charge >= 0.3 is 6.09 Å². The van der Waals surface area contributed by atoms with Crippen molar-refractivity contribution in [2.24, 2.45) is 0 Å². The molecule has 3 aromatic rings. The molecule has 0 saturated carbocycles. The van der Waals surface area contributed by atoms with Crippen molar-refractivity contribution in [3.63, 3.8) is 0 Å². The summed E-state index contributed by atoms with van der Waals surface area (Å²) in [5.74, 6) is -1.19. The highest BCUT2D eigenvalue weighted by molar-refractivity contribution is 7.91. The maximum Gasteiger partial charge on any atom is 0.408 e. The third-order valence-electron chi connectivity index (χ3n) is 4.82. The summed E-state index contributed by atoms with van der Waals surface area (Å²) in [6, 6.07) is 5.34. The number of ether oxygens (including phenoxy) is 1. The monoisotopic (exact) mass is 511 g/mol. The number of nitrogens with one attached hydrogen (secondary N) is 1. The Morgan fingerprint density at radius 1 is 1.17 bits per heavy atom. The number of rotatable bonds is 5. The van der Waals surface area contributed by atoms with Gasteiger partial charge in [-0.05, 0) is 58.0 Å². The van der Waals surface area contributed by atoms with Gasteiger partial charge in [-0.1, -0.05) is 6.07 Å². The minimum Gasteiger partial charge on any atom is -0.444 e. The molecule has 12 heteroatoms. The molecule has 0 saturated heterocycles. The van der Waals surface area contributed by atoms with Crippen LogP contribution in [0.4, 0.5) is 18.0 Å². The van der Waals surface area contributed by atoms with Crippen LogP contribution < -0.4 is 10.9 Å². The van der Waals surface area contributed by atoms with E-state index in [9.17, 15) is 31.2 Å². The molecular weight excluding hydrogens is 487 g/mol. The number of nitrogens with zero attached hydrogens (tertiary/aromatic N) is 2. The highest BCUT2D eigenvalue weighted by Gasteiger charge is 2.26. The summed E-state index contributed by atoms with van der Waals surface area (Å²) in [6.45, 7) is 6.40. The van der Waals surface area contributed by atoms with Crippen LogP contribution in [0, 0.1) is 5.82 Å². The van der Waals surface area contributed by atoms with Crippen LogP contribution in [0.5, 0.6) is 0 Å². The molecule has 1 heterocycles. The number of amides is 1. The van der Waals surface area contributed by atoms with Gasteiger partial charge in [0.1, 0.15) is 17.2 Å². The number of alkyl halides is 2. The van der Waals surface area contributed by atoms with Crippen LogP contribution in [-0.2, 0) is 14.6 Å². The summed E-state index contributed by atoms with van der Waals surface area (Å²) in [4.78, 5) is 30.0. The van der Waals surface area contributed by atoms with Gasteiger partial charge in [0.15, 0.2) is 9.84 Å². The fraction of sp³-hybridized carbons (Fsp3) is 0.348. The van der Waals surface area contributed by atoms with E-state index in [4.69, 9.17) is 4.74 Å². The number of benzene rings is 2. The number of carbonyl (C=O) groups excluding carboxylic acids is 1. The zero-order valence-corrected chi connectivity index (χ0v) is 20.4. The number of halogens is 3. The Bertz CT molecular complexity index is 1460. The quantitative estimate of drug-likeness (QED) is 0.542. The van der Waals surface area contributed by atoms with E-state index in [1.807, 2.05) is 0 Å². The Balaban J connectivity index is 2.35. The molecule has 0 radical (unpaired) electrons. The molecule has 1 aromatic heterocycles. The normalized spacial score (nSPS) is 13.2. The van der Waals surface area contributed by atoms with Crippen LogP contribution in [0.3, 0.4) is 0 Å². The van der Waals surface area contributed by atoms with E-state index in [1.165, 1.54) is 25.1 Å². The average Bonchev–Trinajstić information content (AvgIpc) is 2.70. The number of aromatic nitrogens is 2. The van der Waals surface area contributed by atoms with Crippen molar-refractivity contribution in [3.05, 3.63) is 64.0 Å². The largest absolute Gasteiger partial charge is 0.444 e. The molecular formula is C23H24F3N3O5S. The summed E-state index contributed by atoms with van der Waals surface area (Å²) in [5.41, 5.74) is -2.78. The van der Waals surface area contributed by atoms with Gasteiger partial charge in [0.05, 0.1) is 27.5 Å². The minimum absolute atomic E-state index is 0.00694. The Kier molecular flexibility index (Phi) is 6.98. The lowest BCUT2D eigenvalue weighted by molar-refractivity contribution is 0.0505. The van der Waals surface area contributed by atoms with Crippen LogP contribution in [0.15, 0.2) is 46.1 Å². The Morgan fingerprint density at radius 3 is 2.40 bits per heavy atom. The summed E-state index contributed by atoms with van der Waals surface area (Å²) in [6.07, 6.45) is -2.98. The average molecular weight is 512 g/mol. The molecule has 0 aliphatic heterocycles. The third-order valence-corrected chi connectivity index (χ3v) is 5.96. The summed E-state index contributed by atoms with van der Waals surface area (Å²) < 4.78 is 71.7. The van der Waals surface area contributed by atoms with Gasteiger partial charge in [-0.25, -0.2) is 31.4 Å². The first-order valence-corrected chi connectivity index (χ1v) is 12.3. The molecule has 2 aromatic carbocycles. The van der Waals surface area contributed by atoms with Crippen LogP contribution in [0.2, 0.25) is 0 Å². The lowest BCUT2D eigenvalue weighted by atomic mass is 10.1. The zero-order valence-electron chi connectivity index (χ0n) is 19.6. The second-order valence-electron chi connectivity index (χ2n) is 8.94. The van der Waals surface area contributed by atoms with Gasteiger partial charge in [-0.3, -0.25) is 9.36 Å². The van der Waals surface area contributed by atoms with E-state index in [-0.39, 0.29) is 27.3 Å². The van der Waals surface area contributed by atoms with Gasteiger partial charge in [-0.2, -0.15) is 0 Å². The first-order chi connectivity index (χ1) is 16.1. The maximum absolute atomic E-state index is 14.3. The van der Waals surface area contributed by atoms with Gasteiger partial charge in [0.2, 0.25) is 0 Å². The van der Waals surface area contributed by atoms with E-state index in [0.717, 1.165) is 23.0 Å². The summed E-state index contributed by atoms with van der Waals surface area (Å²) in [5, 5.41) is 2.21. The number of sulfone groups is 1. The molecule has 1 amide bonds. The predicted molar refractivity (Wildman–Crippen MR) is 123 cm³/mol. The zero-order chi connectivity index (χ0) is 26.3. The van der Waals surface area contributed by atoms with Crippen LogP contribution in [0.1, 0.15) is 51.6 Å². The smallest absolute Gasteiger partial charge is 0.408 e. The van der Waals surface area contributed by atoms with Crippen molar-refractivity contribution in [2.75, 3.05) is 6.26 Å². The first-order valence-electron chi connectivity index (χ1n) is 10.4. The van der Waals surface area contributed by atoms with Crippen LogP contribution >= 0.6 is 0 Å². The van der Waals surface area contributed by atoms with E-state index >= 15 is 0 Å². The van der Waals surface area contributed by atoms with Gasteiger partial charge in [0.25, 0.3) is 12.0 Å². The van der Waals surface area contributed by atoms with Crippen LogP contribution in [-0.4, -0.2) is 35.9 Å².